The number of para-hydroxylation sites is 1. The lowest BCUT2D eigenvalue weighted by atomic mass is 10.0. The third-order valence-electron chi connectivity index (χ3n) is 4.93. The highest BCUT2D eigenvalue weighted by atomic mass is 16.5. The summed E-state index contributed by atoms with van der Waals surface area (Å²) in [7, 11) is 3.60. The van der Waals surface area contributed by atoms with Crippen LogP contribution >= 0.6 is 0 Å². The van der Waals surface area contributed by atoms with Gasteiger partial charge in [0.2, 0.25) is 5.76 Å². The second-order valence-corrected chi connectivity index (χ2v) is 6.79. The number of aromatic amines is 1. The van der Waals surface area contributed by atoms with E-state index in [1.165, 1.54) is 29.3 Å². The first-order chi connectivity index (χ1) is 11.6. The number of carbonyl (C=O) groups is 1. The van der Waals surface area contributed by atoms with Crippen molar-refractivity contribution in [1.82, 2.24) is 4.98 Å². The van der Waals surface area contributed by atoms with Crippen LogP contribution in [-0.4, -0.2) is 36.1 Å². The Kier molecular flexibility index (Phi) is 3.46. The van der Waals surface area contributed by atoms with E-state index < -0.39 is 5.97 Å². The highest BCUT2D eigenvalue weighted by Gasteiger charge is 2.32. The fourth-order valence-corrected chi connectivity index (χ4v) is 3.68. The van der Waals surface area contributed by atoms with Crippen molar-refractivity contribution in [3.05, 3.63) is 59.2 Å². The minimum atomic E-state index is -0.429. The van der Waals surface area contributed by atoms with Crippen LogP contribution in [0.4, 0.5) is 0 Å². The van der Waals surface area contributed by atoms with Crippen LogP contribution in [0, 0.1) is 0 Å². The van der Waals surface area contributed by atoms with Gasteiger partial charge < -0.3 is 18.6 Å². The van der Waals surface area contributed by atoms with E-state index in [2.05, 4.69) is 36.3 Å². The molecule has 5 heteroatoms. The summed E-state index contributed by atoms with van der Waals surface area (Å²) >= 11 is 0. The molecule has 124 valence electrons. The van der Waals surface area contributed by atoms with Gasteiger partial charge in [0.1, 0.15) is 13.1 Å². The highest BCUT2D eigenvalue weighted by molar-refractivity contribution is 5.86. The van der Waals surface area contributed by atoms with E-state index in [0.29, 0.717) is 0 Å². The van der Waals surface area contributed by atoms with Gasteiger partial charge in [0.05, 0.1) is 20.7 Å². The number of methoxy groups -OCH3 is 1. The molecular formula is C19H21N2O3+. The Hall–Kier alpha value is -2.53. The van der Waals surface area contributed by atoms with Crippen molar-refractivity contribution in [2.45, 2.75) is 19.5 Å². The van der Waals surface area contributed by atoms with Gasteiger partial charge in [-0.05, 0) is 18.2 Å². The average molecular weight is 325 g/mol. The number of likely N-dealkylation sites (N-methyl/N-ethyl adjacent to an activating group) is 1. The van der Waals surface area contributed by atoms with Crippen LogP contribution in [0.2, 0.25) is 0 Å². The average Bonchev–Trinajstić information content (AvgIpc) is 3.18. The number of quaternary nitrogens is 1. The SMILES string of the molecule is COC(=O)c1ccc(C[N@@+]2(C)CCc3[nH]c4ccccc4c3C2)o1. The van der Waals surface area contributed by atoms with Crippen LogP contribution in [0.25, 0.3) is 10.9 Å². The van der Waals surface area contributed by atoms with E-state index in [4.69, 9.17) is 9.15 Å². The number of carbonyl (C=O) groups excluding carboxylic acids is 1. The van der Waals surface area contributed by atoms with Crippen LogP contribution < -0.4 is 0 Å². The standard InChI is InChI=1S/C19H21N2O3/c1-21(11-13-7-8-18(24-13)19(22)23-2)10-9-17-15(12-21)14-5-3-4-6-16(14)20-17/h3-8,20H,9-12H2,1-2H3/q+1/t21-/m1/s1. The zero-order valence-corrected chi connectivity index (χ0v) is 14.0. The maximum absolute atomic E-state index is 11.5. The van der Waals surface area contributed by atoms with Gasteiger partial charge in [-0.3, -0.25) is 0 Å². The predicted molar refractivity (Wildman–Crippen MR) is 90.5 cm³/mol. The Bertz CT molecular complexity index is 908. The number of nitrogens with zero attached hydrogens (tertiary/aromatic N) is 1. The molecule has 3 heterocycles. The van der Waals surface area contributed by atoms with Gasteiger partial charge in [0, 0.05) is 28.6 Å². The zero-order chi connectivity index (χ0) is 16.7. The lowest BCUT2D eigenvalue weighted by Gasteiger charge is -2.37. The molecule has 2 aromatic heterocycles. The van der Waals surface area contributed by atoms with E-state index in [1.54, 1.807) is 6.07 Å². The fourth-order valence-electron chi connectivity index (χ4n) is 3.68. The van der Waals surface area contributed by atoms with E-state index >= 15 is 0 Å². The monoisotopic (exact) mass is 325 g/mol. The molecule has 0 fully saturated rings. The number of benzene rings is 1. The number of ether oxygens (including phenoxy) is 1. The zero-order valence-electron chi connectivity index (χ0n) is 14.0. The van der Waals surface area contributed by atoms with Crippen molar-refractivity contribution in [2.75, 3.05) is 20.7 Å². The number of H-pyrrole nitrogens is 1. The van der Waals surface area contributed by atoms with Gasteiger partial charge in [0.25, 0.3) is 0 Å². The molecule has 1 atom stereocenters. The Morgan fingerprint density at radius 2 is 2.12 bits per heavy atom. The van der Waals surface area contributed by atoms with E-state index in [0.717, 1.165) is 36.3 Å². The molecule has 0 saturated heterocycles. The number of rotatable bonds is 3. The molecule has 5 nitrogen and oxygen atoms in total. The first-order valence-corrected chi connectivity index (χ1v) is 8.17. The van der Waals surface area contributed by atoms with Gasteiger partial charge in [-0.25, -0.2) is 4.79 Å². The van der Waals surface area contributed by atoms with Crippen LogP contribution in [0.1, 0.15) is 27.6 Å². The van der Waals surface area contributed by atoms with Gasteiger partial charge in [-0.2, -0.15) is 0 Å². The van der Waals surface area contributed by atoms with Gasteiger partial charge in [0.15, 0.2) is 5.76 Å². The van der Waals surface area contributed by atoms with Crippen molar-refractivity contribution < 1.29 is 18.4 Å². The van der Waals surface area contributed by atoms with E-state index in [9.17, 15) is 4.79 Å². The Morgan fingerprint density at radius 1 is 1.29 bits per heavy atom. The summed E-state index contributed by atoms with van der Waals surface area (Å²) in [6.45, 7) is 2.75. The second kappa shape index (κ2) is 5.53. The summed E-state index contributed by atoms with van der Waals surface area (Å²) in [6.07, 6.45) is 1.02. The predicted octanol–water partition coefficient (Wildman–Crippen LogP) is 3.25. The van der Waals surface area contributed by atoms with Gasteiger partial charge in [-0.15, -0.1) is 0 Å². The number of aromatic nitrogens is 1. The molecule has 1 aliphatic heterocycles. The molecule has 0 spiro atoms. The molecule has 0 aliphatic carbocycles. The fraction of sp³-hybridized carbons (Fsp3) is 0.316. The quantitative estimate of drug-likeness (QED) is 0.594. The molecule has 1 N–H and O–H groups in total. The molecule has 0 unspecified atom stereocenters. The summed E-state index contributed by atoms with van der Waals surface area (Å²) < 4.78 is 11.2. The molecular weight excluding hydrogens is 304 g/mol. The molecule has 0 radical (unpaired) electrons. The molecule has 0 amide bonds. The normalized spacial score (nSPS) is 20.1. The van der Waals surface area contributed by atoms with Crippen molar-refractivity contribution in [1.29, 1.82) is 0 Å². The Morgan fingerprint density at radius 3 is 2.96 bits per heavy atom. The number of hydrogen-bond donors (Lipinski definition) is 1. The molecule has 1 aromatic carbocycles. The first-order valence-electron chi connectivity index (χ1n) is 8.17. The third kappa shape index (κ3) is 2.51. The van der Waals surface area contributed by atoms with Crippen molar-refractivity contribution in [3.63, 3.8) is 0 Å². The number of esters is 1. The summed E-state index contributed by atoms with van der Waals surface area (Å²) in [6, 6.07) is 12.0. The number of hydrogen-bond acceptors (Lipinski definition) is 3. The van der Waals surface area contributed by atoms with Crippen LogP contribution in [0.5, 0.6) is 0 Å². The van der Waals surface area contributed by atoms with Crippen LogP contribution in [0.3, 0.4) is 0 Å². The Balaban J connectivity index is 1.60. The van der Waals surface area contributed by atoms with Gasteiger partial charge >= 0.3 is 5.97 Å². The Labute approximate surface area is 140 Å². The van der Waals surface area contributed by atoms with Crippen molar-refractivity contribution >= 4 is 16.9 Å². The summed E-state index contributed by atoms with van der Waals surface area (Å²) in [5.74, 6) is 0.659. The number of nitrogens with one attached hydrogen (secondary N) is 1. The minimum Gasteiger partial charge on any atom is -0.463 e. The highest BCUT2D eigenvalue weighted by Crippen LogP contribution is 2.31. The maximum Gasteiger partial charge on any atom is 0.373 e. The molecule has 24 heavy (non-hydrogen) atoms. The molecule has 1 aliphatic rings. The molecule has 3 aromatic rings. The lowest BCUT2D eigenvalue weighted by molar-refractivity contribution is -0.938. The summed E-state index contributed by atoms with van der Waals surface area (Å²) in [5, 5.41) is 1.31. The topological polar surface area (TPSA) is 55.2 Å². The van der Waals surface area contributed by atoms with Gasteiger partial charge in [-0.1, -0.05) is 18.2 Å². The smallest absolute Gasteiger partial charge is 0.373 e. The van der Waals surface area contributed by atoms with Crippen molar-refractivity contribution in [3.8, 4) is 0 Å². The lowest BCUT2D eigenvalue weighted by Crippen LogP contribution is -2.46. The molecule has 4 rings (SSSR count). The summed E-state index contributed by atoms with van der Waals surface area (Å²) in [4.78, 5) is 15.1. The van der Waals surface area contributed by atoms with Crippen molar-refractivity contribution in [2.24, 2.45) is 0 Å². The third-order valence-corrected chi connectivity index (χ3v) is 4.93. The maximum atomic E-state index is 11.5. The molecule has 0 bridgehead atoms. The second-order valence-electron chi connectivity index (χ2n) is 6.79. The van der Waals surface area contributed by atoms with Crippen LogP contribution in [-0.2, 0) is 24.2 Å². The minimum absolute atomic E-state index is 0.267. The molecule has 0 saturated carbocycles. The summed E-state index contributed by atoms with van der Waals surface area (Å²) in [5.41, 5.74) is 3.96. The number of fused-ring (bicyclic) bond motifs is 3. The van der Waals surface area contributed by atoms with Crippen LogP contribution in [0.15, 0.2) is 40.8 Å². The number of furan rings is 1. The van der Waals surface area contributed by atoms with E-state index in [1.807, 2.05) is 6.07 Å². The van der Waals surface area contributed by atoms with E-state index in [-0.39, 0.29) is 5.76 Å². The first kappa shape index (κ1) is 15.0. The largest absolute Gasteiger partial charge is 0.463 e.